The SMILES string of the molecule is CCCOc1ccc(-c2nc3c4[nH]cnc4nc(C)n3n2)cc1. The van der Waals surface area contributed by atoms with Crippen LogP contribution in [0.4, 0.5) is 0 Å². The van der Waals surface area contributed by atoms with Crippen LogP contribution in [0.25, 0.3) is 28.2 Å². The molecule has 0 amide bonds. The monoisotopic (exact) mass is 308 g/mol. The summed E-state index contributed by atoms with van der Waals surface area (Å²) >= 11 is 0. The Morgan fingerprint density at radius 2 is 2.00 bits per heavy atom. The van der Waals surface area contributed by atoms with Crippen LogP contribution in [0.5, 0.6) is 5.75 Å². The number of rotatable bonds is 4. The van der Waals surface area contributed by atoms with Gasteiger partial charge in [-0.1, -0.05) is 6.92 Å². The van der Waals surface area contributed by atoms with E-state index in [9.17, 15) is 0 Å². The lowest BCUT2D eigenvalue weighted by Gasteiger charge is -2.04. The molecule has 3 heterocycles. The fourth-order valence-corrected chi connectivity index (χ4v) is 2.48. The third-order valence-electron chi connectivity index (χ3n) is 3.61. The first kappa shape index (κ1) is 13.7. The summed E-state index contributed by atoms with van der Waals surface area (Å²) in [6.45, 7) is 4.69. The summed E-state index contributed by atoms with van der Waals surface area (Å²) in [5.74, 6) is 2.26. The second-order valence-electron chi connectivity index (χ2n) is 5.30. The zero-order valence-electron chi connectivity index (χ0n) is 12.9. The molecule has 0 bridgehead atoms. The largest absolute Gasteiger partial charge is 0.494 e. The van der Waals surface area contributed by atoms with Crippen molar-refractivity contribution in [3.63, 3.8) is 0 Å². The summed E-state index contributed by atoms with van der Waals surface area (Å²) in [5.41, 5.74) is 3.10. The van der Waals surface area contributed by atoms with Crippen molar-refractivity contribution >= 4 is 16.8 Å². The van der Waals surface area contributed by atoms with Gasteiger partial charge in [0.2, 0.25) is 0 Å². The number of aromatic nitrogens is 6. The number of hydrogen-bond donors (Lipinski definition) is 1. The van der Waals surface area contributed by atoms with E-state index in [-0.39, 0.29) is 0 Å². The van der Waals surface area contributed by atoms with Crippen molar-refractivity contribution < 1.29 is 4.74 Å². The van der Waals surface area contributed by atoms with Crippen molar-refractivity contribution in [2.45, 2.75) is 20.3 Å². The molecule has 0 fully saturated rings. The molecule has 4 aromatic rings. The van der Waals surface area contributed by atoms with Crippen LogP contribution >= 0.6 is 0 Å². The minimum Gasteiger partial charge on any atom is -0.494 e. The highest BCUT2D eigenvalue weighted by molar-refractivity contribution is 5.85. The highest BCUT2D eigenvalue weighted by Gasteiger charge is 2.13. The van der Waals surface area contributed by atoms with E-state index in [0.29, 0.717) is 18.1 Å². The van der Waals surface area contributed by atoms with Crippen molar-refractivity contribution in [2.75, 3.05) is 6.61 Å². The maximum atomic E-state index is 5.60. The van der Waals surface area contributed by atoms with Crippen LogP contribution in [0.3, 0.4) is 0 Å². The molecule has 0 spiro atoms. The molecule has 3 aromatic heterocycles. The Kier molecular flexibility index (Phi) is 3.18. The fraction of sp³-hybridized carbons (Fsp3) is 0.250. The molecule has 0 aliphatic rings. The molecule has 1 N–H and O–H groups in total. The van der Waals surface area contributed by atoms with E-state index < -0.39 is 0 Å². The van der Waals surface area contributed by atoms with Gasteiger partial charge in [0.05, 0.1) is 12.9 Å². The summed E-state index contributed by atoms with van der Waals surface area (Å²) in [5, 5.41) is 4.56. The molecule has 0 unspecified atom stereocenters. The lowest BCUT2D eigenvalue weighted by molar-refractivity contribution is 0.317. The molecule has 4 rings (SSSR count). The summed E-state index contributed by atoms with van der Waals surface area (Å²) in [7, 11) is 0. The Labute approximate surface area is 132 Å². The third-order valence-corrected chi connectivity index (χ3v) is 3.61. The molecular formula is C16H16N6O. The topological polar surface area (TPSA) is 81.0 Å². The van der Waals surface area contributed by atoms with Crippen molar-refractivity contribution in [1.82, 2.24) is 29.5 Å². The summed E-state index contributed by atoms with van der Waals surface area (Å²) in [6.07, 6.45) is 2.60. The fourth-order valence-electron chi connectivity index (χ4n) is 2.48. The number of benzene rings is 1. The van der Waals surface area contributed by atoms with E-state index in [1.54, 1.807) is 10.8 Å². The summed E-state index contributed by atoms with van der Waals surface area (Å²) < 4.78 is 7.34. The molecule has 0 saturated heterocycles. The Hall–Kier alpha value is -2.96. The standard InChI is InChI=1S/C16H16N6O/c1-3-8-23-12-6-4-11(5-7-12)14-20-16-13-15(18-9-17-13)19-10(2)22(16)21-14/h4-7,9H,3,8H2,1-2H3,(H,17,18). The number of imidazole rings is 1. The Morgan fingerprint density at radius 3 is 2.78 bits per heavy atom. The number of nitrogens with one attached hydrogen (secondary N) is 1. The number of ether oxygens (including phenoxy) is 1. The maximum absolute atomic E-state index is 5.60. The van der Waals surface area contributed by atoms with Gasteiger partial charge in [0, 0.05) is 5.56 Å². The van der Waals surface area contributed by atoms with Crippen molar-refractivity contribution in [2.24, 2.45) is 0 Å². The van der Waals surface area contributed by atoms with Gasteiger partial charge in [-0.15, -0.1) is 5.10 Å². The van der Waals surface area contributed by atoms with Gasteiger partial charge in [-0.25, -0.2) is 15.0 Å². The number of aromatic amines is 1. The van der Waals surface area contributed by atoms with Gasteiger partial charge in [-0.2, -0.15) is 4.52 Å². The third kappa shape index (κ3) is 2.30. The van der Waals surface area contributed by atoms with E-state index in [4.69, 9.17) is 4.74 Å². The molecular weight excluding hydrogens is 292 g/mol. The number of aryl methyl sites for hydroxylation is 1. The molecule has 23 heavy (non-hydrogen) atoms. The van der Waals surface area contributed by atoms with Crippen molar-refractivity contribution in [3.8, 4) is 17.1 Å². The van der Waals surface area contributed by atoms with Gasteiger partial charge in [0.15, 0.2) is 17.1 Å². The average Bonchev–Trinajstić information content (AvgIpc) is 3.20. The van der Waals surface area contributed by atoms with Crippen LogP contribution in [-0.4, -0.2) is 36.2 Å². The molecule has 0 aliphatic carbocycles. The lowest BCUT2D eigenvalue weighted by Crippen LogP contribution is -1.98. The summed E-state index contributed by atoms with van der Waals surface area (Å²) in [6, 6.07) is 7.81. The van der Waals surface area contributed by atoms with Crippen LogP contribution in [0.15, 0.2) is 30.6 Å². The van der Waals surface area contributed by atoms with Crippen molar-refractivity contribution in [1.29, 1.82) is 0 Å². The number of nitrogens with zero attached hydrogens (tertiary/aromatic N) is 5. The van der Waals surface area contributed by atoms with Crippen LogP contribution in [-0.2, 0) is 0 Å². The molecule has 7 heteroatoms. The van der Waals surface area contributed by atoms with E-state index >= 15 is 0 Å². The Morgan fingerprint density at radius 1 is 1.17 bits per heavy atom. The molecule has 7 nitrogen and oxygen atoms in total. The number of hydrogen-bond acceptors (Lipinski definition) is 5. The highest BCUT2D eigenvalue weighted by Crippen LogP contribution is 2.22. The second kappa shape index (κ2) is 5.35. The van der Waals surface area contributed by atoms with Gasteiger partial charge in [0.25, 0.3) is 0 Å². The molecule has 1 aromatic carbocycles. The first-order valence-corrected chi connectivity index (χ1v) is 7.56. The van der Waals surface area contributed by atoms with Crippen LogP contribution in [0.1, 0.15) is 19.2 Å². The zero-order valence-corrected chi connectivity index (χ0v) is 12.9. The van der Waals surface area contributed by atoms with E-state index in [1.165, 1.54) is 0 Å². The number of fused-ring (bicyclic) bond motifs is 3. The second-order valence-corrected chi connectivity index (χ2v) is 5.30. The van der Waals surface area contributed by atoms with Gasteiger partial charge >= 0.3 is 0 Å². The zero-order chi connectivity index (χ0) is 15.8. The van der Waals surface area contributed by atoms with Crippen LogP contribution in [0.2, 0.25) is 0 Å². The van der Waals surface area contributed by atoms with Crippen LogP contribution in [0, 0.1) is 6.92 Å². The molecule has 0 atom stereocenters. The molecule has 0 aliphatic heterocycles. The predicted molar refractivity (Wildman–Crippen MR) is 86.4 cm³/mol. The van der Waals surface area contributed by atoms with E-state index in [0.717, 1.165) is 34.7 Å². The number of H-pyrrole nitrogens is 1. The van der Waals surface area contributed by atoms with E-state index in [2.05, 4.69) is 32.0 Å². The minimum atomic E-state index is 0.650. The Balaban J connectivity index is 1.78. The quantitative estimate of drug-likeness (QED) is 0.627. The summed E-state index contributed by atoms with van der Waals surface area (Å²) in [4.78, 5) is 16.3. The lowest BCUT2D eigenvalue weighted by atomic mass is 10.2. The van der Waals surface area contributed by atoms with Gasteiger partial charge in [-0.05, 0) is 37.6 Å². The minimum absolute atomic E-state index is 0.650. The molecule has 0 radical (unpaired) electrons. The van der Waals surface area contributed by atoms with Gasteiger partial charge < -0.3 is 9.72 Å². The normalized spacial score (nSPS) is 11.4. The maximum Gasteiger partial charge on any atom is 0.185 e. The Bertz CT molecular complexity index is 969. The van der Waals surface area contributed by atoms with Gasteiger partial charge in [-0.3, -0.25) is 0 Å². The first-order valence-electron chi connectivity index (χ1n) is 7.56. The van der Waals surface area contributed by atoms with E-state index in [1.807, 2.05) is 31.2 Å². The molecule has 116 valence electrons. The molecule has 0 saturated carbocycles. The van der Waals surface area contributed by atoms with Crippen LogP contribution < -0.4 is 4.74 Å². The van der Waals surface area contributed by atoms with Gasteiger partial charge in [0.1, 0.15) is 17.1 Å². The smallest absolute Gasteiger partial charge is 0.185 e. The first-order chi connectivity index (χ1) is 11.3. The average molecular weight is 308 g/mol. The predicted octanol–water partition coefficient (Wildman–Crippen LogP) is 2.76. The highest BCUT2D eigenvalue weighted by atomic mass is 16.5. The van der Waals surface area contributed by atoms with Crippen molar-refractivity contribution in [3.05, 3.63) is 36.4 Å².